The van der Waals surface area contributed by atoms with Crippen LogP contribution in [0.5, 0.6) is 0 Å². The van der Waals surface area contributed by atoms with Crippen LogP contribution < -0.4 is 5.32 Å². The van der Waals surface area contributed by atoms with Gasteiger partial charge in [-0.25, -0.2) is 4.39 Å². The maximum atomic E-state index is 13.0. The van der Waals surface area contributed by atoms with Crippen LogP contribution in [0.3, 0.4) is 0 Å². The Hall–Kier alpha value is -1.27. The summed E-state index contributed by atoms with van der Waals surface area (Å²) in [5, 5.41) is 17.3. The van der Waals surface area contributed by atoms with E-state index in [0.717, 1.165) is 17.5 Å². The zero-order valence-corrected chi connectivity index (χ0v) is 12.8. The molecule has 0 saturated heterocycles. The number of thiophene rings is 1. The molecule has 0 aliphatic rings. The van der Waals surface area contributed by atoms with Crippen molar-refractivity contribution in [3.63, 3.8) is 0 Å². The summed E-state index contributed by atoms with van der Waals surface area (Å²) in [6.07, 6.45) is 0.222. The van der Waals surface area contributed by atoms with E-state index >= 15 is 0 Å². The molecule has 2 aromatic rings. The molecule has 0 aliphatic carbocycles. The predicted molar refractivity (Wildman–Crippen MR) is 82.9 cm³/mol. The topological polar surface area (TPSA) is 41.5 Å². The standard InChI is InChI=1S/C16H20FNO2S/c1-20-8-6-15(12-2-4-14(17)5-3-12)18-10-16(19)13-7-9-21-11-13/h2-5,7,9,11,15-16,18-19H,6,8,10H2,1H3. The van der Waals surface area contributed by atoms with Gasteiger partial charge in [0.15, 0.2) is 0 Å². The van der Waals surface area contributed by atoms with Gasteiger partial charge in [-0.15, -0.1) is 0 Å². The Labute approximate surface area is 128 Å². The van der Waals surface area contributed by atoms with Crippen LogP contribution in [0.25, 0.3) is 0 Å². The molecule has 0 fully saturated rings. The second-order valence-electron chi connectivity index (χ2n) is 4.87. The highest BCUT2D eigenvalue weighted by molar-refractivity contribution is 7.07. The molecule has 1 aromatic heterocycles. The molecule has 1 aromatic carbocycles. The minimum Gasteiger partial charge on any atom is -0.387 e. The first kappa shape index (κ1) is 16.1. The Morgan fingerprint density at radius 1 is 1.24 bits per heavy atom. The molecule has 0 bridgehead atoms. The molecule has 2 N–H and O–H groups in total. The number of methoxy groups -OCH3 is 1. The van der Waals surface area contributed by atoms with E-state index in [9.17, 15) is 9.50 Å². The van der Waals surface area contributed by atoms with Gasteiger partial charge in [0, 0.05) is 26.3 Å². The summed E-state index contributed by atoms with van der Waals surface area (Å²) in [4.78, 5) is 0. The van der Waals surface area contributed by atoms with Crippen LogP contribution in [0.15, 0.2) is 41.1 Å². The average Bonchev–Trinajstić information content (AvgIpc) is 3.03. The summed E-state index contributed by atoms with van der Waals surface area (Å²) >= 11 is 1.56. The number of ether oxygens (including phenoxy) is 1. The number of benzene rings is 1. The van der Waals surface area contributed by atoms with E-state index in [2.05, 4.69) is 5.32 Å². The minimum absolute atomic E-state index is 0.0267. The van der Waals surface area contributed by atoms with Crippen molar-refractivity contribution in [3.05, 3.63) is 58.0 Å². The Morgan fingerprint density at radius 3 is 2.62 bits per heavy atom. The van der Waals surface area contributed by atoms with Gasteiger partial charge in [-0.3, -0.25) is 0 Å². The van der Waals surface area contributed by atoms with Crippen molar-refractivity contribution < 1.29 is 14.2 Å². The van der Waals surface area contributed by atoms with Crippen molar-refractivity contribution in [1.29, 1.82) is 0 Å². The van der Waals surface area contributed by atoms with Gasteiger partial charge in [-0.2, -0.15) is 11.3 Å². The monoisotopic (exact) mass is 309 g/mol. The smallest absolute Gasteiger partial charge is 0.123 e. The highest BCUT2D eigenvalue weighted by Crippen LogP contribution is 2.20. The van der Waals surface area contributed by atoms with Crippen LogP contribution in [0.2, 0.25) is 0 Å². The van der Waals surface area contributed by atoms with E-state index in [4.69, 9.17) is 4.74 Å². The van der Waals surface area contributed by atoms with E-state index in [0.29, 0.717) is 13.2 Å². The zero-order chi connectivity index (χ0) is 15.1. The Balaban J connectivity index is 1.97. The van der Waals surface area contributed by atoms with Crippen LogP contribution in [-0.2, 0) is 4.74 Å². The van der Waals surface area contributed by atoms with Crippen LogP contribution in [0.4, 0.5) is 4.39 Å². The van der Waals surface area contributed by atoms with Crippen molar-refractivity contribution >= 4 is 11.3 Å². The van der Waals surface area contributed by atoms with Gasteiger partial charge >= 0.3 is 0 Å². The summed E-state index contributed by atoms with van der Waals surface area (Å²) in [7, 11) is 1.65. The maximum absolute atomic E-state index is 13.0. The second kappa shape index (κ2) is 8.24. The summed E-state index contributed by atoms with van der Waals surface area (Å²) in [5.74, 6) is -0.248. The normalized spacial score (nSPS) is 14.0. The van der Waals surface area contributed by atoms with E-state index in [1.807, 2.05) is 16.8 Å². The van der Waals surface area contributed by atoms with Crippen molar-refractivity contribution in [2.45, 2.75) is 18.6 Å². The van der Waals surface area contributed by atoms with E-state index < -0.39 is 6.10 Å². The second-order valence-corrected chi connectivity index (χ2v) is 5.65. The third-order valence-corrected chi connectivity index (χ3v) is 4.07. The first-order valence-electron chi connectivity index (χ1n) is 6.88. The lowest BCUT2D eigenvalue weighted by Crippen LogP contribution is -2.27. The SMILES string of the molecule is COCCC(NCC(O)c1ccsc1)c1ccc(F)cc1. The lowest BCUT2D eigenvalue weighted by molar-refractivity contribution is 0.156. The molecule has 2 atom stereocenters. The predicted octanol–water partition coefficient (Wildman–Crippen LogP) is 3.29. The summed E-state index contributed by atoms with van der Waals surface area (Å²) in [6.45, 7) is 1.05. The van der Waals surface area contributed by atoms with Gasteiger partial charge in [0.1, 0.15) is 5.82 Å². The zero-order valence-electron chi connectivity index (χ0n) is 12.0. The summed E-state index contributed by atoms with van der Waals surface area (Å²) in [5.41, 5.74) is 1.91. The number of halogens is 1. The quantitative estimate of drug-likeness (QED) is 0.786. The lowest BCUT2D eigenvalue weighted by atomic mass is 10.0. The summed E-state index contributed by atoms with van der Waals surface area (Å²) < 4.78 is 18.1. The molecule has 0 saturated carbocycles. The van der Waals surface area contributed by atoms with Crippen LogP contribution >= 0.6 is 11.3 Å². The third kappa shape index (κ3) is 4.89. The fourth-order valence-corrected chi connectivity index (χ4v) is 2.86. The molecule has 0 amide bonds. The highest BCUT2D eigenvalue weighted by Gasteiger charge is 2.14. The largest absolute Gasteiger partial charge is 0.387 e. The van der Waals surface area contributed by atoms with Crippen molar-refractivity contribution in [1.82, 2.24) is 5.32 Å². The van der Waals surface area contributed by atoms with Crippen LogP contribution in [0, 0.1) is 5.82 Å². The van der Waals surface area contributed by atoms with Gasteiger partial charge in [0.05, 0.1) is 6.10 Å². The molecule has 3 nitrogen and oxygen atoms in total. The van der Waals surface area contributed by atoms with Gasteiger partial charge in [0.25, 0.3) is 0 Å². The molecule has 21 heavy (non-hydrogen) atoms. The molecule has 2 rings (SSSR count). The molecular formula is C16H20FNO2S. The number of nitrogens with one attached hydrogen (secondary N) is 1. The Morgan fingerprint density at radius 2 is 2.00 bits per heavy atom. The lowest BCUT2D eigenvalue weighted by Gasteiger charge is -2.21. The highest BCUT2D eigenvalue weighted by atomic mass is 32.1. The Kier molecular flexibility index (Phi) is 6.32. The van der Waals surface area contributed by atoms with E-state index in [1.54, 1.807) is 30.6 Å². The molecule has 0 radical (unpaired) electrons. The fraction of sp³-hybridized carbons (Fsp3) is 0.375. The van der Waals surface area contributed by atoms with Crippen LogP contribution in [-0.4, -0.2) is 25.4 Å². The van der Waals surface area contributed by atoms with Crippen LogP contribution in [0.1, 0.15) is 29.7 Å². The number of hydrogen-bond donors (Lipinski definition) is 2. The average molecular weight is 309 g/mol. The summed E-state index contributed by atoms with van der Waals surface area (Å²) in [6, 6.07) is 8.37. The number of aliphatic hydroxyl groups excluding tert-OH is 1. The number of rotatable bonds is 8. The Bertz CT molecular complexity index is 516. The first-order chi connectivity index (χ1) is 10.2. The molecule has 0 aliphatic heterocycles. The number of hydrogen-bond acceptors (Lipinski definition) is 4. The third-order valence-electron chi connectivity index (χ3n) is 3.37. The van der Waals surface area contributed by atoms with Gasteiger partial charge in [-0.1, -0.05) is 12.1 Å². The first-order valence-corrected chi connectivity index (χ1v) is 7.83. The fourth-order valence-electron chi connectivity index (χ4n) is 2.15. The van der Waals surface area contributed by atoms with Crippen molar-refractivity contribution in [3.8, 4) is 0 Å². The maximum Gasteiger partial charge on any atom is 0.123 e. The van der Waals surface area contributed by atoms with E-state index in [-0.39, 0.29) is 11.9 Å². The molecular weight excluding hydrogens is 289 g/mol. The van der Waals surface area contributed by atoms with Crippen molar-refractivity contribution in [2.24, 2.45) is 0 Å². The molecule has 114 valence electrons. The van der Waals surface area contributed by atoms with Gasteiger partial charge in [-0.05, 0) is 46.5 Å². The van der Waals surface area contributed by atoms with Crippen molar-refractivity contribution in [2.75, 3.05) is 20.3 Å². The van der Waals surface area contributed by atoms with Gasteiger partial charge < -0.3 is 15.2 Å². The minimum atomic E-state index is -0.540. The molecule has 1 heterocycles. The number of aliphatic hydroxyl groups is 1. The van der Waals surface area contributed by atoms with E-state index in [1.165, 1.54) is 12.1 Å². The molecule has 0 spiro atoms. The van der Waals surface area contributed by atoms with Gasteiger partial charge in [0.2, 0.25) is 0 Å². The molecule has 2 unspecified atom stereocenters. The molecule has 5 heteroatoms.